The number of likely N-dealkylation sites (N-methyl/N-ethyl adjacent to an activating group) is 1. The Morgan fingerprint density at radius 1 is 1.13 bits per heavy atom. The van der Waals surface area contributed by atoms with Crippen molar-refractivity contribution in [3.63, 3.8) is 0 Å². The highest BCUT2D eigenvalue weighted by Gasteiger charge is 2.44. The zero-order valence-electron chi connectivity index (χ0n) is 16.3. The van der Waals surface area contributed by atoms with E-state index in [1.165, 1.54) is 12.0 Å². The predicted octanol–water partition coefficient (Wildman–Crippen LogP) is 2.85. The van der Waals surface area contributed by atoms with Crippen LogP contribution in [0.2, 0.25) is 18.1 Å². The van der Waals surface area contributed by atoms with Gasteiger partial charge in [-0.05, 0) is 24.1 Å². The average Bonchev–Trinajstić information content (AvgIpc) is 2.39. The molecule has 136 valence electrons. The molecular formula is C16H34N2O4Si. The van der Waals surface area contributed by atoms with Crippen LogP contribution in [0.1, 0.15) is 34.6 Å². The molecule has 0 fully saturated rings. The lowest BCUT2D eigenvalue weighted by molar-refractivity contribution is -0.138. The Morgan fingerprint density at radius 3 is 1.91 bits per heavy atom. The summed E-state index contributed by atoms with van der Waals surface area (Å²) in [6.07, 6.45) is -1.29. The van der Waals surface area contributed by atoms with Crippen LogP contribution in [0, 0.1) is 5.92 Å². The molecule has 6 nitrogen and oxygen atoms in total. The minimum absolute atomic E-state index is 0.0211. The summed E-state index contributed by atoms with van der Waals surface area (Å²) in [6, 6.07) is -0.452. The quantitative estimate of drug-likeness (QED) is 0.751. The number of amides is 2. The van der Waals surface area contributed by atoms with Gasteiger partial charge < -0.3 is 19.4 Å². The van der Waals surface area contributed by atoms with E-state index in [1.54, 1.807) is 14.1 Å². The third-order valence-electron chi connectivity index (χ3n) is 4.43. The summed E-state index contributed by atoms with van der Waals surface area (Å²) in [6.45, 7) is 14.5. The SMILES string of the molecule is COC(=O)N[C@@H](C(C)C)[C@H](O[Si](C)(C)C(C)(C)C)C(=O)N(C)C. The number of rotatable bonds is 6. The molecule has 2 amide bonds. The van der Waals surface area contributed by atoms with E-state index in [1.807, 2.05) is 13.8 Å². The maximum atomic E-state index is 12.7. The summed E-state index contributed by atoms with van der Waals surface area (Å²) in [4.78, 5) is 25.9. The Kier molecular flexibility index (Phi) is 7.76. The number of carbonyl (C=O) groups excluding carboxylic acids is 2. The van der Waals surface area contributed by atoms with E-state index in [9.17, 15) is 9.59 Å². The summed E-state index contributed by atoms with van der Waals surface area (Å²) >= 11 is 0. The van der Waals surface area contributed by atoms with Crippen molar-refractivity contribution in [1.82, 2.24) is 10.2 Å². The van der Waals surface area contributed by atoms with Crippen molar-refractivity contribution in [1.29, 1.82) is 0 Å². The Morgan fingerprint density at radius 2 is 1.61 bits per heavy atom. The van der Waals surface area contributed by atoms with Crippen molar-refractivity contribution in [2.45, 2.75) is 64.9 Å². The third kappa shape index (κ3) is 6.14. The van der Waals surface area contributed by atoms with Crippen molar-refractivity contribution in [3.05, 3.63) is 0 Å². The first-order chi connectivity index (χ1) is 10.2. The number of ether oxygens (including phenoxy) is 1. The molecule has 0 saturated carbocycles. The zero-order chi connectivity index (χ0) is 18.6. The Labute approximate surface area is 142 Å². The highest BCUT2D eigenvalue weighted by Crippen LogP contribution is 2.38. The van der Waals surface area contributed by atoms with Crippen LogP contribution >= 0.6 is 0 Å². The topological polar surface area (TPSA) is 67.9 Å². The summed E-state index contributed by atoms with van der Waals surface area (Å²) in [7, 11) is 2.51. The molecule has 0 aliphatic carbocycles. The minimum atomic E-state index is -2.19. The van der Waals surface area contributed by atoms with E-state index >= 15 is 0 Å². The first-order valence-electron chi connectivity index (χ1n) is 7.98. The van der Waals surface area contributed by atoms with Crippen LogP contribution in [-0.2, 0) is 14.0 Å². The lowest BCUT2D eigenvalue weighted by Gasteiger charge is -2.42. The van der Waals surface area contributed by atoms with Crippen LogP contribution < -0.4 is 5.32 Å². The molecule has 0 aromatic carbocycles. The van der Waals surface area contributed by atoms with E-state index in [4.69, 9.17) is 9.16 Å². The normalized spacial score (nSPS) is 15.1. The van der Waals surface area contributed by atoms with Gasteiger partial charge in [0.05, 0.1) is 13.2 Å². The van der Waals surface area contributed by atoms with Crippen LogP contribution in [0.15, 0.2) is 0 Å². The highest BCUT2D eigenvalue weighted by atomic mass is 28.4. The second-order valence-electron chi connectivity index (χ2n) is 7.94. The van der Waals surface area contributed by atoms with Crippen molar-refractivity contribution in [2.24, 2.45) is 5.92 Å². The Hall–Kier alpha value is -1.08. The lowest BCUT2D eigenvalue weighted by atomic mass is 9.98. The number of carbonyl (C=O) groups is 2. The van der Waals surface area contributed by atoms with Crippen molar-refractivity contribution >= 4 is 20.3 Å². The van der Waals surface area contributed by atoms with Gasteiger partial charge in [-0.2, -0.15) is 0 Å². The minimum Gasteiger partial charge on any atom is -0.453 e. The van der Waals surface area contributed by atoms with Gasteiger partial charge in [0, 0.05) is 14.1 Å². The van der Waals surface area contributed by atoms with E-state index < -0.39 is 26.6 Å². The number of hydrogen-bond donors (Lipinski definition) is 1. The van der Waals surface area contributed by atoms with Crippen LogP contribution in [0.4, 0.5) is 4.79 Å². The molecule has 0 heterocycles. The number of methoxy groups -OCH3 is 1. The first kappa shape index (κ1) is 21.9. The molecular weight excluding hydrogens is 312 g/mol. The molecule has 0 aliphatic heterocycles. The molecule has 0 unspecified atom stereocenters. The van der Waals surface area contributed by atoms with Gasteiger partial charge in [-0.1, -0.05) is 34.6 Å². The maximum absolute atomic E-state index is 12.7. The van der Waals surface area contributed by atoms with Crippen molar-refractivity contribution in [3.8, 4) is 0 Å². The van der Waals surface area contributed by atoms with Crippen molar-refractivity contribution in [2.75, 3.05) is 21.2 Å². The number of nitrogens with one attached hydrogen (secondary N) is 1. The van der Waals surface area contributed by atoms with Gasteiger partial charge in [-0.15, -0.1) is 0 Å². The summed E-state index contributed by atoms with van der Waals surface area (Å²) in [5.41, 5.74) is 0. The monoisotopic (exact) mass is 346 g/mol. The lowest BCUT2D eigenvalue weighted by Crippen LogP contribution is -2.58. The molecule has 23 heavy (non-hydrogen) atoms. The molecule has 7 heteroatoms. The number of hydrogen-bond acceptors (Lipinski definition) is 4. The van der Waals surface area contributed by atoms with Crippen LogP contribution in [0.25, 0.3) is 0 Å². The number of alkyl carbamates (subject to hydrolysis) is 1. The van der Waals surface area contributed by atoms with Gasteiger partial charge in [0.25, 0.3) is 5.91 Å². The van der Waals surface area contributed by atoms with Crippen LogP contribution in [-0.4, -0.2) is 58.6 Å². The van der Waals surface area contributed by atoms with E-state index in [0.717, 1.165) is 0 Å². The largest absolute Gasteiger partial charge is 0.453 e. The summed E-state index contributed by atoms with van der Waals surface area (Å²) in [5, 5.41) is 2.73. The van der Waals surface area contributed by atoms with E-state index in [-0.39, 0.29) is 16.9 Å². The molecule has 0 saturated heterocycles. The van der Waals surface area contributed by atoms with E-state index in [0.29, 0.717) is 0 Å². The van der Waals surface area contributed by atoms with Gasteiger partial charge in [-0.3, -0.25) is 4.79 Å². The second-order valence-corrected chi connectivity index (χ2v) is 12.7. The molecule has 0 radical (unpaired) electrons. The molecule has 0 rings (SSSR count). The number of nitrogens with zero attached hydrogens (tertiary/aromatic N) is 1. The fraction of sp³-hybridized carbons (Fsp3) is 0.875. The Balaban J connectivity index is 5.66. The van der Waals surface area contributed by atoms with Gasteiger partial charge >= 0.3 is 6.09 Å². The smallest absolute Gasteiger partial charge is 0.407 e. The fourth-order valence-corrected chi connectivity index (χ4v) is 3.05. The molecule has 0 aliphatic rings. The molecule has 0 aromatic heterocycles. The van der Waals surface area contributed by atoms with Gasteiger partial charge in [0.2, 0.25) is 0 Å². The van der Waals surface area contributed by atoms with E-state index in [2.05, 4.69) is 39.2 Å². The molecule has 0 spiro atoms. The van der Waals surface area contributed by atoms with Gasteiger partial charge in [0.1, 0.15) is 6.10 Å². The zero-order valence-corrected chi connectivity index (χ0v) is 17.3. The second kappa shape index (κ2) is 8.15. The fourth-order valence-electron chi connectivity index (χ4n) is 1.81. The average molecular weight is 347 g/mol. The molecule has 1 N–H and O–H groups in total. The van der Waals surface area contributed by atoms with Gasteiger partial charge in [-0.25, -0.2) is 4.79 Å². The standard InChI is InChI=1S/C16H34N2O4Si/c1-11(2)12(17-15(20)21-8)13(14(19)18(6)7)22-23(9,10)16(3,4)5/h11-13H,1-10H3,(H,17,20)/t12-,13-/m0/s1. The van der Waals surface area contributed by atoms with Crippen LogP contribution in [0.5, 0.6) is 0 Å². The Bertz CT molecular complexity index is 417. The maximum Gasteiger partial charge on any atom is 0.407 e. The third-order valence-corrected chi connectivity index (χ3v) is 8.88. The highest BCUT2D eigenvalue weighted by molar-refractivity contribution is 6.74. The molecule has 0 bridgehead atoms. The first-order valence-corrected chi connectivity index (χ1v) is 10.9. The summed E-state index contributed by atoms with van der Waals surface area (Å²) in [5.74, 6) is -0.127. The predicted molar refractivity (Wildman–Crippen MR) is 94.9 cm³/mol. The molecule has 2 atom stereocenters. The summed E-state index contributed by atoms with van der Waals surface area (Å²) < 4.78 is 11.1. The van der Waals surface area contributed by atoms with Gasteiger partial charge in [0.15, 0.2) is 8.32 Å². The molecule has 0 aromatic rings. The van der Waals surface area contributed by atoms with Crippen molar-refractivity contribution < 1.29 is 18.8 Å². The van der Waals surface area contributed by atoms with Crippen LogP contribution in [0.3, 0.4) is 0 Å².